The van der Waals surface area contributed by atoms with E-state index in [-0.39, 0.29) is 24.4 Å². The van der Waals surface area contributed by atoms with Crippen molar-refractivity contribution in [2.75, 3.05) is 6.54 Å². The zero-order valence-corrected chi connectivity index (χ0v) is 15.7. The van der Waals surface area contributed by atoms with Crippen LogP contribution in [0.2, 0.25) is 0 Å². The third-order valence-electron chi connectivity index (χ3n) is 4.37. The number of aryl methyl sites for hydroxylation is 1. The third-order valence-corrected chi connectivity index (χ3v) is 4.37. The van der Waals surface area contributed by atoms with Crippen molar-refractivity contribution in [3.8, 4) is 0 Å². The van der Waals surface area contributed by atoms with Crippen molar-refractivity contribution in [1.82, 2.24) is 20.2 Å². The van der Waals surface area contributed by atoms with Gasteiger partial charge in [-0.05, 0) is 17.7 Å². The summed E-state index contributed by atoms with van der Waals surface area (Å²) in [5, 5.41) is 5.38. The molecule has 0 saturated carbocycles. The number of rotatable bonds is 7. The van der Waals surface area contributed by atoms with Gasteiger partial charge in [-0.25, -0.2) is 13.8 Å². The Morgan fingerprint density at radius 3 is 2.55 bits per heavy atom. The maximum atomic E-state index is 13.7. The predicted molar refractivity (Wildman–Crippen MR) is 103 cm³/mol. The van der Waals surface area contributed by atoms with Gasteiger partial charge in [0, 0.05) is 38.5 Å². The summed E-state index contributed by atoms with van der Waals surface area (Å²) >= 11 is 0. The lowest BCUT2D eigenvalue weighted by Crippen LogP contribution is -2.34. The maximum Gasteiger partial charge on any atom is 0.254 e. The number of hydrogen-bond donors (Lipinski definition) is 2. The molecule has 0 bridgehead atoms. The van der Waals surface area contributed by atoms with E-state index < -0.39 is 23.6 Å². The number of nitrogens with zero attached hydrogens (tertiary/aromatic N) is 2. The third kappa shape index (κ3) is 5.04. The summed E-state index contributed by atoms with van der Waals surface area (Å²) < 4.78 is 28.4. The molecule has 3 aromatic rings. The predicted octanol–water partition coefficient (Wildman–Crippen LogP) is 2.72. The Labute approximate surface area is 166 Å². The number of nitrogens with one attached hydrogen (secondary N) is 2. The van der Waals surface area contributed by atoms with Gasteiger partial charge in [0.15, 0.2) is 0 Å². The number of hydrogen-bond acceptors (Lipinski definition) is 3. The number of imidazole rings is 1. The molecule has 8 heteroatoms. The molecule has 2 amide bonds. The number of aromatic nitrogens is 2. The summed E-state index contributed by atoms with van der Waals surface area (Å²) in [7, 11) is 1.84. The Morgan fingerprint density at radius 1 is 1.14 bits per heavy atom. The molecule has 2 N–H and O–H groups in total. The topological polar surface area (TPSA) is 76.0 Å². The number of benzene rings is 2. The van der Waals surface area contributed by atoms with E-state index >= 15 is 0 Å². The molecule has 1 heterocycles. The second kappa shape index (κ2) is 9.09. The van der Waals surface area contributed by atoms with Crippen molar-refractivity contribution in [2.24, 2.45) is 7.05 Å². The minimum absolute atomic E-state index is 0.00353. The normalized spacial score (nSPS) is 11.7. The van der Waals surface area contributed by atoms with E-state index in [4.69, 9.17) is 0 Å². The van der Waals surface area contributed by atoms with Crippen LogP contribution in [0.3, 0.4) is 0 Å². The van der Waals surface area contributed by atoms with Crippen LogP contribution in [0.5, 0.6) is 0 Å². The highest BCUT2D eigenvalue weighted by atomic mass is 19.1. The summed E-state index contributed by atoms with van der Waals surface area (Å²) in [4.78, 5) is 28.8. The van der Waals surface area contributed by atoms with Gasteiger partial charge >= 0.3 is 0 Å². The van der Waals surface area contributed by atoms with E-state index in [2.05, 4.69) is 15.6 Å². The molecule has 3 rings (SSSR count). The van der Waals surface area contributed by atoms with Gasteiger partial charge in [-0.2, -0.15) is 0 Å². The first-order valence-electron chi connectivity index (χ1n) is 9.00. The quantitative estimate of drug-likeness (QED) is 0.643. The molecule has 1 unspecified atom stereocenters. The lowest BCUT2D eigenvalue weighted by atomic mass is 10.1. The van der Waals surface area contributed by atoms with Crippen LogP contribution in [0.4, 0.5) is 8.78 Å². The molecular formula is C21H20F2N4O2. The van der Waals surface area contributed by atoms with Gasteiger partial charge in [-0.1, -0.05) is 30.3 Å². The first-order chi connectivity index (χ1) is 14.0. The van der Waals surface area contributed by atoms with Crippen molar-refractivity contribution < 1.29 is 18.4 Å². The zero-order valence-electron chi connectivity index (χ0n) is 15.7. The van der Waals surface area contributed by atoms with Crippen LogP contribution < -0.4 is 10.6 Å². The fraction of sp³-hybridized carbons (Fsp3) is 0.190. The van der Waals surface area contributed by atoms with Crippen molar-refractivity contribution in [3.05, 3.63) is 89.5 Å². The van der Waals surface area contributed by atoms with E-state index in [1.807, 2.05) is 41.9 Å². The molecule has 29 heavy (non-hydrogen) atoms. The second-order valence-electron chi connectivity index (χ2n) is 6.44. The van der Waals surface area contributed by atoms with Gasteiger partial charge in [0.2, 0.25) is 5.91 Å². The zero-order chi connectivity index (χ0) is 20.8. The molecule has 0 aliphatic heterocycles. The molecule has 0 spiro atoms. The van der Waals surface area contributed by atoms with Gasteiger partial charge in [-0.3, -0.25) is 9.59 Å². The van der Waals surface area contributed by atoms with Gasteiger partial charge in [0.1, 0.15) is 23.5 Å². The Bertz CT molecular complexity index is 1000. The molecule has 0 aliphatic rings. The van der Waals surface area contributed by atoms with Gasteiger partial charge < -0.3 is 15.2 Å². The fourth-order valence-corrected chi connectivity index (χ4v) is 2.89. The number of carbonyl (C=O) groups is 2. The average molecular weight is 398 g/mol. The number of amides is 2. The van der Waals surface area contributed by atoms with Crippen molar-refractivity contribution >= 4 is 11.8 Å². The Hall–Kier alpha value is -3.55. The fourth-order valence-electron chi connectivity index (χ4n) is 2.89. The van der Waals surface area contributed by atoms with E-state index in [1.165, 1.54) is 0 Å². The van der Waals surface area contributed by atoms with E-state index in [1.54, 1.807) is 12.4 Å². The van der Waals surface area contributed by atoms with E-state index in [0.717, 1.165) is 17.7 Å². The Kier molecular flexibility index (Phi) is 6.33. The van der Waals surface area contributed by atoms with Crippen LogP contribution >= 0.6 is 0 Å². The molecule has 1 atom stereocenters. The molecular weight excluding hydrogens is 378 g/mol. The van der Waals surface area contributed by atoms with Crippen LogP contribution in [-0.4, -0.2) is 27.9 Å². The number of carbonyl (C=O) groups excluding carboxylic acids is 2. The van der Waals surface area contributed by atoms with Crippen LogP contribution in [0.25, 0.3) is 0 Å². The lowest BCUT2D eigenvalue weighted by Gasteiger charge is -2.19. The smallest absolute Gasteiger partial charge is 0.254 e. The second-order valence-corrected chi connectivity index (χ2v) is 6.44. The first-order valence-corrected chi connectivity index (χ1v) is 9.00. The van der Waals surface area contributed by atoms with E-state index in [9.17, 15) is 18.4 Å². The summed E-state index contributed by atoms with van der Waals surface area (Å²) in [5.41, 5.74) is 0.592. The molecule has 150 valence electrons. The molecule has 1 aromatic heterocycles. The average Bonchev–Trinajstić information content (AvgIpc) is 3.12. The van der Waals surface area contributed by atoms with Crippen LogP contribution in [0.15, 0.2) is 60.9 Å². The highest BCUT2D eigenvalue weighted by Gasteiger charge is 2.20. The Morgan fingerprint density at radius 2 is 1.90 bits per heavy atom. The van der Waals surface area contributed by atoms with Gasteiger partial charge in [0.05, 0.1) is 5.56 Å². The highest BCUT2D eigenvalue weighted by Crippen LogP contribution is 2.20. The molecule has 0 fully saturated rings. The van der Waals surface area contributed by atoms with Gasteiger partial charge in [0.25, 0.3) is 5.91 Å². The summed E-state index contributed by atoms with van der Waals surface area (Å²) in [5.74, 6) is -2.06. The van der Waals surface area contributed by atoms with Gasteiger partial charge in [-0.15, -0.1) is 0 Å². The molecule has 0 radical (unpaired) electrons. The Balaban J connectivity index is 1.61. The van der Waals surface area contributed by atoms with Crippen molar-refractivity contribution in [3.63, 3.8) is 0 Å². The van der Waals surface area contributed by atoms with Crippen LogP contribution in [0.1, 0.15) is 34.2 Å². The summed E-state index contributed by atoms with van der Waals surface area (Å²) in [6, 6.07) is 11.6. The van der Waals surface area contributed by atoms with Crippen LogP contribution in [-0.2, 0) is 11.8 Å². The molecule has 0 aliphatic carbocycles. The van der Waals surface area contributed by atoms with E-state index in [0.29, 0.717) is 11.9 Å². The van der Waals surface area contributed by atoms with Crippen LogP contribution in [0, 0.1) is 11.6 Å². The maximum absolute atomic E-state index is 13.7. The first kappa shape index (κ1) is 20.2. The summed E-state index contributed by atoms with van der Waals surface area (Å²) in [6.07, 6.45) is 3.42. The summed E-state index contributed by atoms with van der Waals surface area (Å²) in [6.45, 7) is 0.00353. The minimum atomic E-state index is -0.953. The highest BCUT2D eigenvalue weighted by molar-refractivity contribution is 5.94. The molecule has 6 nitrogen and oxygen atoms in total. The number of halogens is 2. The SMILES string of the molecule is Cn1ccnc1C(NC(=O)CCNC(=O)c1ccc(F)cc1F)c1ccccc1. The molecule has 0 saturated heterocycles. The largest absolute Gasteiger partial charge is 0.351 e. The standard InChI is InChI=1S/C21H20F2N4O2/c1-27-12-11-24-20(27)19(14-5-3-2-4-6-14)26-18(28)9-10-25-21(29)16-8-7-15(22)13-17(16)23/h2-8,11-13,19H,9-10H2,1H3,(H,25,29)(H,26,28). The lowest BCUT2D eigenvalue weighted by molar-refractivity contribution is -0.121. The molecule has 2 aromatic carbocycles. The van der Waals surface area contributed by atoms with Crippen molar-refractivity contribution in [1.29, 1.82) is 0 Å². The monoisotopic (exact) mass is 398 g/mol. The minimum Gasteiger partial charge on any atom is -0.351 e. The van der Waals surface area contributed by atoms with Crippen molar-refractivity contribution in [2.45, 2.75) is 12.5 Å².